The molecule has 1 aliphatic carbocycles. The van der Waals surface area contributed by atoms with Gasteiger partial charge in [-0.3, -0.25) is 13.5 Å². The van der Waals surface area contributed by atoms with Crippen molar-refractivity contribution in [3.63, 3.8) is 0 Å². The highest BCUT2D eigenvalue weighted by molar-refractivity contribution is 8.02. The highest BCUT2D eigenvalue weighted by Gasteiger charge is 2.57. The number of aromatic nitrogens is 2. The zero-order valence-electron chi connectivity index (χ0n) is 21.0. The zero-order chi connectivity index (χ0) is 25.7. The van der Waals surface area contributed by atoms with Gasteiger partial charge in [0, 0.05) is 49.7 Å². The van der Waals surface area contributed by atoms with Crippen LogP contribution in [0.2, 0.25) is 0 Å². The lowest BCUT2D eigenvalue weighted by atomic mass is 9.92. The molecule has 1 unspecified atom stereocenters. The number of aryl methyl sites for hydroxylation is 1. The molecule has 2 aromatic heterocycles. The van der Waals surface area contributed by atoms with E-state index in [2.05, 4.69) is 35.0 Å². The molecule has 2 aliphatic heterocycles. The van der Waals surface area contributed by atoms with Crippen LogP contribution >= 0.6 is 12.1 Å². The summed E-state index contributed by atoms with van der Waals surface area (Å²) in [4.78, 5) is 11.5. The summed E-state index contributed by atoms with van der Waals surface area (Å²) < 4.78 is 44.4. The minimum atomic E-state index is -2.53. The maximum absolute atomic E-state index is 13.5. The fourth-order valence-corrected chi connectivity index (χ4v) is 6.37. The lowest BCUT2D eigenvalue weighted by molar-refractivity contribution is 0.101. The topological polar surface area (TPSA) is 35.5 Å². The predicted octanol–water partition coefficient (Wildman–Crippen LogP) is 6.45. The second-order valence-corrected chi connectivity index (χ2v) is 11.6. The van der Waals surface area contributed by atoms with E-state index >= 15 is 0 Å². The van der Waals surface area contributed by atoms with Gasteiger partial charge in [0.2, 0.25) is 5.95 Å². The van der Waals surface area contributed by atoms with Crippen LogP contribution < -0.4 is 8.61 Å². The Balaban J connectivity index is 1.15. The average molecular weight is 526 g/mol. The molecule has 1 atom stereocenters. The Morgan fingerprint density at radius 1 is 1.05 bits per heavy atom. The molecule has 0 bridgehead atoms. The number of alkyl halides is 2. The van der Waals surface area contributed by atoms with E-state index in [9.17, 15) is 13.2 Å². The first-order chi connectivity index (χ1) is 17.8. The number of piperidine rings is 1. The predicted molar refractivity (Wildman–Crippen MR) is 142 cm³/mol. The van der Waals surface area contributed by atoms with E-state index in [0.717, 1.165) is 66.5 Å². The highest BCUT2D eigenvalue weighted by Crippen LogP contribution is 2.52. The lowest BCUT2D eigenvalue weighted by Crippen LogP contribution is -2.32. The van der Waals surface area contributed by atoms with E-state index in [1.54, 1.807) is 6.07 Å². The van der Waals surface area contributed by atoms with Gasteiger partial charge in [-0.15, -0.1) is 0 Å². The third-order valence-corrected chi connectivity index (χ3v) is 8.67. The second-order valence-electron chi connectivity index (χ2n) is 10.4. The molecule has 1 aromatic carbocycles. The number of pyridine rings is 2. The summed E-state index contributed by atoms with van der Waals surface area (Å²) in [5.74, 6) is -2.40. The molecule has 0 amide bonds. The lowest BCUT2D eigenvalue weighted by Gasteiger charge is -2.31. The van der Waals surface area contributed by atoms with Crippen LogP contribution in [0.1, 0.15) is 42.0 Å². The van der Waals surface area contributed by atoms with Gasteiger partial charge in [-0.05, 0) is 74.3 Å². The van der Waals surface area contributed by atoms with Crippen molar-refractivity contribution in [2.75, 3.05) is 35.3 Å². The molecule has 4 heterocycles. The van der Waals surface area contributed by atoms with Crippen LogP contribution in [0, 0.1) is 18.8 Å². The summed E-state index contributed by atoms with van der Waals surface area (Å²) in [5, 5.41) is 0. The molecule has 5 nitrogen and oxygen atoms in total. The molecule has 3 aromatic rings. The van der Waals surface area contributed by atoms with E-state index < -0.39 is 17.8 Å². The number of halogens is 3. The fourth-order valence-electron chi connectivity index (χ4n) is 5.39. The van der Waals surface area contributed by atoms with Gasteiger partial charge in [-0.25, -0.2) is 18.7 Å². The number of hydrogen-bond acceptors (Lipinski definition) is 6. The van der Waals surface area contributed by atoms with E-state index in [1.165, 1.54) is 23.8 Å². The summed E-state index contributed by atoms with van der Waals surface area (Å²) in [6.07, 6.45) is 1.91. The van der Waals surface area contributed by atoms with Crippen LogP contribution in [0.5, 0.6) is 0 Å². The standard InChI is InChI=1S/C28H30F3N5S/c1-18-6-7-19(16-35-12-10-20(11-13-35)23-4-3-5-26(29)32-23)14-22(18)24-8-9-25-27(33-24)34(2)37-36(25)17-21-15-28(21,30)31/h3-9,14,20-21H,10-13,15-17H2,1-2H3. The van der Waals surface area contributed by atoms with Crippen LogP contribution in [-0.4, -0.2) is 47.5 Å². The first kappa shape index (κ1) is 24.6. The minimum Gasteiger partial charge on any atom is -0.299 e. The fraction of sp³-hybridized carbons (Fsp3) is 0.429. The Kier molecular flexibility index (Phi) is 6.31. The Bertz CT molecular complexity index is 1310. The molecule has 1 saturated heterocycles. The van der Waals surface area contributed by atoms with Gasteiger partial charge in [-0.2, -0.15) is 4.39 Å². The Labute approximate surface area is 220 Å². The number of rotatable bonds is 6. The van der Waals surface area contributed by atoms with Crippen LogP contribution in [-0.2, 0) is 6.54 Å². The molecular formula is C28H30F3N5S. The smallest absolute Gasteiger partial charge is 0.253 e. The van der Waals surface area contributed by atoms with Crippen molar-refractivity contribution in [3.05, 3.63) is 71.3 Å². The van der Waals surface area contributed by atoms with Gasteiger partial charge in [0.05, 0.1) is 23.5 Å². The average Bonchev–Trinajstić information content (AvgIpc) is 3.37. The van der Waals surface area contributed by atoms with Gasteiger partial charge < -0.3 is 0 Å². The SMILES string of the molecule is Cc1ccc(CN2CCC(c3cccc(F)n3)CC2)cc1-c1ccc2c(n1)N(C)SN2CC1CC1(F)F. The number of likely N-dealkylation sites (tertiary alicyclic amines) is 1. The van der Waals surface area contributed by atoms with Crippen molar-refractivity contribution in [3.8, 4) is 11.3 Å². The van der Waals surface area contributed by atoms with Crippen molar-refractivity contribution < 1.29 is 13.2 Å². The van der Waals surface area contributed by atoms with Gasteiger partial charge in [-0.1, -0.05) is 18.2 Å². The summed E-state index contributed by atoms with van der Waals surface area (Å²) in [6, 6.07) is 15.6. The number of anilines is 2. The third kappa shape index (κ3) is 5.03. The van der Waals surface area contributed by atoms with Crippen LogP contribution in [0.15, 0.2) is 48.5 Å². The number of nitrogens with zero attached hydrogens (tertiary/aromatic N) is 5. The normalized spacial score (nSPS) is 21.4. The van der Waals surface area contributed by atoms with Crippen LogP contribution in [0.4, 0.5) is 24.7 Å². The maximum atomic E-state index is 13.5. The van der Waals surface area contributed by atoms with Crippen LogP contribution in [0.25, 0.3) is 11.3 Å². The molecule has 37 heavy (non-hydrogen) atoms. The van der Waals surface area contributed by atoms with Gasteiger partial charge >= 0.3 is 0 Å². The number of hydrogen-bond donors (Lipinski definition) is 0. The van der Waals surface area contributed by atoms with Crippen molar-refractivity contribution in [1.82, 2.24) is 14.9 Å². The highest BCUT2D eigenvalue weighted by atomic mass is 32.2. The molecule has 6 rings (SSSR count). The molecule has 2 fully saturated rings. The van der Waals surface area contributed by atoms with E-state index in [4.69, 9.17) is 4.98 Å². The summed E-state index contributed by atoms with van der Waals surface area (Å²) in [7, 11) is 1.93. The summed E-state index contributed by atoms with van der Waals surface area (Å²) >= 11 is 1.44. The molecule has 9 heteroatoms. The van der Waals surface area contributed by atoms with Crippen LogP contribution in [0.3, 0.4) is 0 Å². The van der Waals surface area contributed by atoms with Crippen molar-refractivity contribution in [2.45, 2.75) is 44.6 Å². The van der Waals surface area contributed by atoms with Crippen molar-refractivity contribution in [2.24, 2.45) is 5.92 Å². The van der Waals surface area contributed by atoms with Gasteiger partial charge in [0.25, 0.3) is 5.92 Å². The molecule has 0 N–H and O–H groups in total. The first-order valence-electron chi connectivity index (χ1n) is 12.8. The summed E-state index contributed by atoms with van der Waals surface area (Å²) in [6.45, 7) is 5.16. The molecule has 1 saturated carbocycles. The quantitative estimate of drug-likeness (QED) is 0.272. The van der Waals surface area contributed by atoms with Crippen molar-refractivity contribution >= 4 is 23.6 Å². The molecule has 3 aliphatic rings. The molecular weight excluding hydrogens is 495 g/mol. The molecule has 0 radical (unpaired) electrons. The maximum Gasteiger partial charge on any atom is 0.253 e. The van der Waals surface area contributed by atoms with E-state index in [0.29, 0.717) is 12.5 Å². The number of fused-ring (bicyclic) bond motifs is 1. The third-order valence-electron chi connectivity index (χ3n) is 7.71. The van der Waals surface area contributed by atoms with E-state index in [-0.39, 0.29) is 6.42 Å². The van der Waals surface area contributed by atoms with Crippen molar-refractivity contribution in [1.29, 1.82) is 0 Å². The summed E-state index contributed by atoms with van der Waals surface area (Å²) in [5.41, 5.74) is 6.10. The van der Waals surface area contributed by atoms with Gasteiger partial charge in [0.15, 0.2) is 5.82 Å². The van der Waals surface area contributed by atoms with E-state index in [1.807, 2.05) is 33.9 Å². The Morgan fingerprint density at radius 2 is 1.84 bits per heavy atom. The Morgan fingerprint density at radius 3 is 2.57 bits per heavy atom. The number of benzene rings is 1. The molecule has 0 spiro atoms. The first-order valence-corrected chi connectivity index (χ1v) is 13.5. The van der Waals surface area contributed by atoms with Gasteiger partial charge in [0.1, 0.15) is 0 Å². The largest absolute Gasteiger partial charge is 0.299 e. The Hall–Kier alpha value is -2.78. The second kappa shape index (κ2) is 9.51. The monoisotopic (exact) mass is 525 g/mol. The zero-order valence-corrected chi connectivity index (χ0v) is 21.8. The minimum absolute atomic E-state index is 0.0278. The molecule has 194 valence electrons.